The second-order valence-electron chi connectivity index (χ2n) is 4.08. The summed E-state index contributed by atoms with van der Waals surface area (Å²) in [5, 5.41) is 11.8. The van der Waals surface area contributed by atoms with Crippen molar-refractivity contribution in [3.63, 3.8) is 0 Å². The first kappa shape index (κ1) is 13.0. The maximum Gasteiger partial charge on any atom is 0.248 e. The number of likely N-dealkylation sites (N-methyl/N-ethyl adjacent to an activating group) is 1. The largest absolute Gasteiger partial charge is 0.411 e. The van der Waals surface area contributed by atoms with Crippen LogP contribution in [0.15, 0.2) is 5.16 Å². The number of carbonyl (C=O) groups is 1. The number of nitrogens with zero attached hydrogens (tertiary/aromatic N) is 2. The second kappa shape index (κ2) is 6.48. The van der Waals surface area contributed by atoms with Gasteiger partial charge in [0.2, 0.25) is 5.91 Å². The van der Waals surface area contributed by atoms with Crippen LogP contribution in [0, 0.1) is 0 Å². The van der Waals surface area contributed by atoms with Gasteiger partial charge in [-0.05, 0) is 32.6 Å². The topological polar surface area (TPSA) is 62.1 Å². The third-order valence-corrected chi connectivity index (χ3v) is 2.99. The van der Waals surface area contributed by atoms with Gasteiger partial charge in [0.15, 0.2) is 0 Å². The molecule has 0 aromatic heterocycles. The average molecular weight is 228 g/mol. The van der Waals surface area contributed by atoms with E-state index in [0.29, 0.717) is 6.54 Å². The van der Waals surface area contributed by atoms with Crippen LogP contribution < -0.4 is 0 Å². The van der Waals surface area contributed by atoms with E-state index in [1.807, 2.05) is 6.92 Å². The van der Waals surface area contributed by atoms with E-state index in [0.717, 1.165) is 31.4 Å². The van der Waals surface area contributed by atoms with Crippen molar-refractivity contribution in [2.24, 2.45) is 5.16 Å². The molecule has 0 aromatic carbocycles. The van der Waals surface area contributed by atoms with E-state index in [4.69, 9.17) is 9.94 Å². The Hall–Kier alpha value is -1.10. The Kier molecular flexibility index (Phi) is 5.25. The van der Waals surface area contributed by atoms with Crippen molar-refractivity contribution in [2.45, 2.75) is 38.7 Å². The van der Waals surface area contributed by atoms with Crippen molar-refractivity contribution < 1.29 is 14.7 Å². The van der Waals surface area contributed by atoms with Crippen molar-refractivity contribution in [1.29, 1.82) is 0 Å². The minimum atomic E-state index is 0.0177. The molecule has 0 saturated heterocycles. The summed E-state index contributed by atoms with van der Waals surface area (Å²) in [5.41, 5.74) is 0.830. The molecule has 1 rings (SSSR count). The molecule has 0 heterocycles. The van der Waals surface area contributed by atoms with Crippen LogP contribution in [-0.2, 0) is 9.53 Å². The Morgan fingerprint density at radius 1 is 1.56 bits per heavy atom. The molecule has 0 radical (unpaired) electrons. The fourth-order valence-electron chi connectivity index (χ4n) is 1.67. The Morgan fingerprint density at radius 2 is 2.19 bits per heavy atom. The van der Waals surface area contributed by atoms with E-state index < -0.39 is 0 Å². The van der Waals surface area contributed by atoms with Crippen LogP contribution in [-0.4, -0.2) is 48.0 Å². The molecule has 0 atom stereocenters. The number of ether oxygens (including phenoxy) is 1. The molecule has 0 bridgehead atoms. The number of hydrogen-bond donors (Lipinski definition) is 1. The minimum Gasteiger partial charge on any atom is -0.411 e. The lowest BCUT2D eigenvalue weighted by Gasteiger charge is -2.23. The third kappa shape index (κ3) is 3.81. The molecule has 1 aliphatic carbocycles. The molecule has 1 saturated carbocycles. The molecule has 1 aliphatic rings. The molecular weight excluding hydrogens is 208 g/mol. The first-order valence-electron chi connectivity index (χ1n) is 5.72. The first-order chi connectivity index (χ1) is 7.67. The summed E-state index contributed by atoms with van der Waals surface area (Å²) >= 11 is 0. The number of oxime groups is 1. The minimum absolute atomic E-state index is 0.0177. The zero-order valence-electron chi connectivity index (χ0n) is 9.98. The molecule has 1 N–H and O–H groups in total. The van der Waals surface area contributed by atoms with Crippen LogP contribution in [0.4, 0.5) is 0 Å². The van der Waals surface area contributed by atoms with Crippen LogP contribution in [0.5, 0.6) is 0 Å². The lowest BCUT2D eigenvalue weighted by Crippen LogP contribution is -2.32. The van der Waals surface area contributed by atoms with Crippen molar-refractivity contribution in [1.82, 2.24) is 4.90 Å². The van der Waals surface area contributed by atoms with E-state index in [9.17, 15) is 4.79 Å². The van der Waals surface area contributed by atoms with E-state index in [1.165, 1.54) is 0 Å². The molecule has 5 heteroatoms. The lowest BCUT2D eigenvalue weighted by atomic mass is 9.96. The SMILES string of the molecule is CCN(C)C(=O)COC1CCC(=NO)CC1. The van der Waals surface area contributed by atoms with E-state index in [2.05, 4.69) is 5.16 Å². The average Bonchev–Trinajstić information content (AvgIpc) is 2.35. The highest BCUT2D eigenvalue weighted by Gasteiger charge is 2.19. The maximum absolute atomic E-state index is 11.5. The predicted molar refractivity (Wildman–Crippen MR) is 60.7 cm³/mol. The Labute approximate surface area is 96.1 Å². The van der Waals surface area contributed by atoms with Gasteiger partial charge in [-0.1, -0.05) is 5.16 Å². The van der Waals surface area contributed by atoms with Gasteiger partial charge >= 0.3 is 0 Å². The molecule has 1 fully saturated rings. The van der Waals surface area contributed by atoms with Crippen molar-refractivity contribution in [2.75, 3.05) is 20.2 Å². The van der Waals surface area contributed by atoms with E-state index in [1.54, 1.807) is 11.9 Å². The summed E-state index contributed by atoms with van der Waals surface area (Å²) in [6.45, 7) is 2.79. The summed E-state index contributed by atoms with van der Waals surface area (Å²) in [5.74, 6) is 0.0177. The molecule has 0 aromatic rings. The van der Waals surface area contributed by atoms with Crippen molar-refractivity contribution in [3.8, 4) is 0 Å². The van der Waals surface area contributed by atoms with Crippen LogP contribution in [0.3, 0.4) is 0 Å². The first-order valence-corrected chi connectivity index (χ1v) is 5.72. The highest BCUT2D eigenvalue weighted by molar-refractivity contribution is 5.84. The van der Waals surface area contributed by atoms with E-state index in [-0.39, 0.29) is 18.6 Å². The number of hydrogen-bond acceptors (Lipinski definition) is 4. The van der Waals surface area contributed by atoms with Gasteiger partial charge in [0, 0.05) is 13.6 Å². The summed E-state index contributed by atoms with van der Waals surface area (Å²) in [6.07, 6.45) is 3.32. The normalized spacial score (nSPS) is 20.6. The molecule has 0 aliphatic heterocycles. The van der Waals surface area contributed by atoms with Crippen molar-refractivity contribution in [3.05, 3.63) is 0 Å². The highest BCUT2D eigenvalue weighted by atomic mass is 16.5. The standard InChI is InChI=1S/C11H20N2O3/c1-3-13(2)11(14)8-16-10-6-4-9(12-15)5-7-10/h10,15H,3-8H2,1-2H3. The molecule has 0 spiro atoms. The number of carbonyl (C=O) groups excluding carboxylic acids is 1. The predicted octanol–water partition coefficient (Wildman–Crippen LogP) is 1.25. The van der Waals surface area contributed by atoms with Gasteiger partial charge in [-0.2, -0.15) is 0 Å². The number of rotatable bonds is 4. The number of amides is 1. The van der Waals surface area contributed by atoms with Gasteiger partial charge in [0.05, 0.1) is 11.8 Å². The summed E-state index contributed by atoms with van der Waals surface area (Å²) in [6, 6.07) is 0. The Balaban J connectivity index is 2.22. The Bertz CT molecular complexity index is 256. The molecule has 5 nitrogen and oxygen atoms in total. The lowest BCUT2D eigenvalue weighted by molar-refractivity contribution is -0.137. The van der Waals surface area contributed by atoms with Gasteiger partial charge in [-0.3, -0.25) is 4.79 Å². The fourth-order valence-corrected chi connectivity index (χ4v) is 1.67. The van der Waals surface area contributed by atoms with Crippen LogP contribution >= 0.6 is 0 Å². The van der Waals surface area contributed by atoms with Gasteiger partial charge < -0.3 is 14.8 Å². The summed E-state index contributed by atoms with van der Waals surface area (Å²) in [4.78, 5) is 13.1. The van der Waals surface area contributed by atoms with Crippen LogP contribution in [0.1, 0.15) is 32.6 Å². The molecular formula is C11H20N2O3. The van der Waals surface area contributed by atoms with Crippen LogP contribution in [0.2, 0.25) is 0 Å². The molecule has 1 amide bonds. The monoisotopic (exact) mass is 228 g/mol. The summed E-state index contributed by atoms with van der Waals surface area (Å²) < 4.78 is 5.53. The fraction of sp³-hybridized carbons (Fsp3) is 0.818. The van der Waals surface area contributed by atoms with Crippen LogP contribution in [0.25, 0.3) is 0 Å². The molecule has 0 unspecified atom stereocenters. The maximum atomic E-state index is 11.5. The zero-order valence-corrected chi connectivity index (χ0v) is 9.98. The zero-order chi connectivity index (χ0) is 12.0. The molecule has 16 heavy (non-hydrogen) atoms. The quantitative estimate of drug-likeness (QED) is 0.582. The second-order valence-corrected chi connectivity index (χ2v) is 4.08. The summed E-state index contributed by atoms with van der Waals surface area (Å²) in [7, 11) is 1.77. The smallest absolute Gasteiger partial charge is 0.248 e. The van der Waals surface area contributed by atoms with Crippen molar-refractivity contribution >= 4 is 11.6 Å². The van der Waals surface area contributed by atoms with E-state index >= 15 is 0 Å². The van der Waals surface area contributed by atoms with Gasteiger partial charge in [-0.25, -0.2) is 0 Å². The third-order valence-electron chi connectivity index (χ3n) is 2.99. The Morgan fingerprint density at radius 3 is 2.69 bits per heavy atom. The molecule has 92 valence electrons. The van der Waals surface area contributed by atoms with Gasteiger partial charge in [0.25, 0.3) is 0 Å². The highest BCUT2D eigenvalue weighted by Crippen LogP contribution is 2.18. The van der Waals surface area contributed by atoms with Gasteiger partial charge in [-0.15, -0.1) is 0 Å². The van der Waals surface area contributed by atoms with Gasteiger partial charge in [0.1, 0.15) is 6.61 Å².